The van der Waals surface area contributed by atoms with Crippen LogP contribution in [0, 0.1) is 0 Å². The Balaban J connectivity index is 0.00000289. The maximum absolute atomic E-state index is 10.9. The van der Waals surface area contributed by atoms with E-state index in [-0.39, 0.29) is 30.3 Å². The molecule has 1 aromatic carbocycles. The van der Waals surface area contributed by atoms with Crippen molar-refractivity contribution in [2.75, 3.05) is 7.11 Å². The van der Waals surface area contributed by atoms with Gasteiger partial charge >= 0.3 is 5.97 Å². The third-order valence-corrected chi connectivity index (χ3v) is 2.97. The molecule has 1 atom stereocenters. The molecule has 1 aromatic rings. The van der Waals surface area contributed by atoms with E-state index in [4.69, 9.17) is 15.6 Å². The number of ether oxygens (including phenoxy) is 1. The molecule has 102 valence electrons. The predicted octanol–water partition coefficient (Wildman–Crippen LogP) is 1.93. The van der Waals surface area contributed by atoms with Crippen molar-refractivity contribution in [1.29, 1.82) is 0 Å². The van der Waals surface area contributed by atoms with Crippen molar-refractivity contribution in [3.8, 4) is 11.5 Å². The zero-order valence-electron chi connectivity index (χ0n) is 9.94. The highest BCUT2D eigenvalue weighted by Gasteiger charge is 2.28. The first-order valence-corrected chi connectivity index (χ1v) is 5.65. The molecule has 4 N–H and O–H groups in total. The van der Waals surface area contributed by atoms with Crippen LogP contribution in [-0.4, -0.2) is 28.8 Å². The van der Waals surface area contributed by atoms with Crippen molar-refractivity contribution >= 4 is 34.3 Å². The Bertz CT molecular complexity index is 451. The van der Waals surface area contributed by atoms with Crippen LogP contribution in [0.3, 0.4) is 0 Å². The number of carbonyl (C=O) groups is 1. The number of hydrogen-bond donors (Lipinski definition) is 3. The quantitative estimate of drug-likeness (QED) is 0.779. The molecule has 0 radical (unpaired) electrons. The number of benzene rings is 1. The van der Waals surface area contributed by atoms with Crippen LogP contribution in [0.5, 0.6) is 11.5 Å². The van der Waals surface area contributed by atoms with Gasteiger partial charge in [0.15, 0.2) is 11.5 Å². The minimum atomic E-state index is -1.36. The highest BCUT2D eigenvalue weighted by atomic mass is 79.9. The number of carboxylic acids is 1. The molecular formula is C11H15BrClNO4. The van der Waals surface area contributed by atoms with E-state index in [0.29, 0.717) is 10.0 Å². The maximum atomic E-state index is 10.9. The number of phenolic OH excluding ortho intramolecular Hbond substituents is 1. The van der Waals surface area contributed by atoms with E-state index in [1.807, 2.05) is 0 Å². The summed E-state index contributed by atoms with van der Waals surface area (Å²) in [5.74, 6) is -0.832. The van der Waals surface area contributed by atoms with Gasteiger partial charge in [0.25, 0.3) is 0 Å². The van der Waals surface area contributed by atoms with Crippen LogP contribution in [0.25, 0.3) is 0 Å². The lowest BCUT2D eigenvalue weighted by atomic mass is 9.94. The molecule has 0 spiro atoms. The van der Waals surface area contributed by atoms with Crippen molar-refractivity contribution in [3.05, 3.63) is 22.2 Å². The van der Waals surface area contributed by atoms with Gasteiger partial charge in [-0.2, -0.15) is 0 Å². The van der Waals surface area contributed by atoms with Crippen molar-refractivity contribution < 1.29 is 19.7 Å². The number of halogens is 2. The van der Waals surface area contributed by atoms with E-state index in [1.165, 1.54) is 14.0 Å². The fraction of sp³-hybridized carbons (Fsp3) is 0.364. The predicted molar refractivity (Wildman–Crippen MR) is 73.5 cm³/mol. The molecule has 0 aliphatic carbocycles. The van der Waals surface area contributed by atoms with Gasteiger partial charge in [-0.15, -0.1) is 12.4 Å². The van der Waals surface area contributed by atoms with E-state index in [1.54, 1.807) is 12.1 Å². The molecule has 0 amide bonds. The van der Waals surface area contributed by atoms with Gasteiger partial charge in [0.05, 0.1) is 11.6 Å². The summed E-state index contributed by atoms with van der Waals surface area (Å²) < 4.78 is 5.41. The number of aromatic hydroxyl groups is 1. The van der Waals surface area contributed by atoms with Crippen LogP contribution in [-0.2, 0) is 11.2 Å². The van der Waals surface area contributed by atoms with Crippen LogP contribution < -0.4 is 10.5 Å². The average Bonchev–Trinajstić information content (AvgIpc) is 2.22. The van der Waals surface area contributed by atoms with Crippen LogP contribution in [0.4, 0.5) is 0 Å². The molecule has 1 unspecified atom stereocenters. The van der Waals surface area contributed by atoms with Crippen molar-refractivity contribution in [2.45, 2.75) is 18.9 Å². The maximum Gasteiger partial charge on any atom is 0.323 e. The third kappa shape index (κ3) is 3.76. The van der Waals surface area contributed by atoms with Crippen molar-refractivity contribution in [1.82, 2.24) is 0 Å². The molecule has 7 heteroatoms. The third-order valence-electron chi connectivity index (χ3n) is 2.37. The number of hydrogen-bond acceptors (Lipinski definition) is 4. The number of methoxy groups -OCH3 is 1. The standard InChI is InChI=1S/C11H14BrNO4.ClH/c1-11(13,10(15)16)5-6-3-7(12)9(14)8(4-6)17-2;/h3-4,14H,5,13H2,1-2H3,(H,15,16);1H. The summed E-state index contributed by atoms with van der Waals surface area (Å²) in [6.45, 7) is 1.43. The van der Waals surface area contributed by atoms with Gasteiger partial charge in [-0.05, 0) is 40.5 Å². The topological polar surface area (TPSA) is 92.8 Å². The van der Waals surface area contributed by atoms with E-state index < -0.39 is 11.5 Å². The summed E-state index contributed by atoms with van der Waals surface area (Å²) in [6, 6.07) is 3.18. The average molecular weight is 341 g/mol. The highest BCUT2D eigenvalue weighted by molar-refractivity contribution is 9.10. The molecule has 18 heavy (non-hydrogen) atoms. The number of aliphatic carboxylic acids is 1. The van der Waals surface area contributed by atoms with Gasteiger partial charge in [-0.1, -0.05) is 0 Å². The molecule has 0 heterocycles. The lowest BCUT2D eigenvalue weighted by Gasteiger charge is -2.19. The minimum absolute atomic E-state index is 0. The Morgan fingerprint density at radius 3 is 2.56 bits per heavy atom. The van der Waals surface area contributed by atoms with Crippen molar-refractivity contribution in [3.63, 3.8) is 0 Å². The summed E-state index contributed by atoms with van der Waals surface area (Å²) in [6.07, 6.45) is 0.136. The molecular weight excluding hydrogens is 325 g/mol. The lowest BCUT2D eigenvalue weighted by Crippen LogP contribution is -2.46. The second kappa shape index (κ2) is 6.26. The van der Waals surface area contributed by atoms with Crippen LogP contribution in [0.1, 0.15) is 12.5 Å². The Labute approximate surface area is 119 Å². The Hall–Kier alpha value is -0.980. The van der Waals surface area contributed by atoms with Crippen LogP contribution in [0.15, 0.2) is 16.6 Å². The summed E-state index contributed by atoms with van der Waals surface area (Å²) in [5, 5.41) is 18.5. The van der Waals surface area contributed by atoms with Crippen molar-refractivity contribution in [2.24, 2.45) is 5.73 Å². The van der Waals surface area contributed by atoms with E-state index in [2.05, 4.69) is 15.9 Å². The molecule has 0 aliphatic heterocycles. The first-order valence-electron chi connectivity index (χ1n) is 4.85. The summed E-state index contributed by atoms with van der Waals surface area (Å²) in [5.41, 5.74) is 4.96. The van der Waals surface area contributed by atoms with Crippen LogP contribution in [0.2, 0.25) is 0 Å². The number of phenols is 1. The zero-order chi connectivity index (χ0) is 13.2. The normalized spacial score (nSPS) is 13.3. The molecule has 0 bridgehead atoms. The van der Waals surface area contributed by atoms with E-state index in [0.717, 1.165) is 0 Å². The second-order valence-electron chi connectivity index (χ2n) is 4.03. The molecule has 0 saturated heterocycles. The molecule has 5 nitrogen and oxygen atoms in total. The van der Waals surface area contributed by atoms with Gasteiger partial charge in [-0.25, -0.2) is 0 Å². The van der Waals surface area contributed by atoms with E-state index >= 15 is 0 Å². The van der Waals surface area contributed by atoms with Gasteiger partial charge < -0.3 is 20.7 Å². The van der Waals surface area contributed by atoms with Gasteiger partial charge in [0, 0.05) is 6.42 Å². The van der Waals surface area contributed by atoms with Gasteiger partial charge in [0.1, 0.15) is 5.54 Å². The zero-order valence-corrected chi connectivity index (χ0v) is 12.3. The monoisotopic (exact) mass is 339 g/mol. The second-order valence-corrected chi connectivity index (χ2v) is 4.88. The van der Waals surface area contributed by atoms with E-state index in [9.17, 15) is 9.90 Å². The number of rotatable bonds is 4. The summed E-state index contributed by atoms with van der Waals surface area (Å²) in [4.78, 5) is 10.9. The minimum Gasteiger partial charge on any atom is -0.503 e. The first kappa shape index (κ1) is 17.0. The highest BCUT2D eigenvalue weighted by Crippen LogP contribution is 2.35. The fourth-order valence-corrected chi connectivity index (χ4v) is 1.87. The number of carboxylic acid groups (broad SMARTS) is 1. The SMILES string of the molecule is COc1cc(CC(C)(N)C(=O)O)cc(Br)c1O.Cl. The van der Waals surface area contributed by atoms with Gasteiger partial charge in [-0.3, -0.25) is 4.79 Å². The Morgan fingerprint density at radius 2 is 2.11 bits per heavy atom. The smallest absolute Gasteiger partial charge is 0.323 e. The molecule has 0 aliphatic rings. The largest absolute Gasteiger partial charge is 0.503 e. The molecule has 0 aromatic heterocycles. The lowest BCUT2D eigenvalue weighted by molar-refractivity contribution is -0.142. The summed E-state index contributed by atoms with van der Waals surface area (Å²) in [7, 11) is 1.42. The molecule has 1 rings (SSSR count). The molecule has 0 saturated carbocycles. The number of nitrogens with two attached hydrogens (primary N) is 1. The fourth-order valence-electron chi connectivity index (χ4n) is 1.38. The van der Waals surface area contributed by atoms with Gasteiger partial charge in [0.2, 0.25) is 0 Å². The summed E-state index contributed by atoms with van der Waals surface area (Å²) >= 11 is 3.16. The first-order chi connectivity index (χ1) is 7.77. The Kier molecular flexibility index (Phi) is 5.92. The van der Waals surface area contributed by atoms with Crippen LogP contribution >= 0.6 is 28.3 Å². The molecule has 0 fully saturated rings. The Morgan fingerprint density at radius 1 is 1.56 bits per heavy atom.